The second kappa shape index (κ2) is 11.4. The third-order valence-electron chi connectivity index (χ3n) is 7.40. The molecular formula is C27H33N5O6. The molecular weight excluding hydrogens is 490 g/mol. The first-order valence-electron chi connectivity index (χ1n) is 12.8. The summed E-state index contributed by atoms with van der Waals surface area (Å²) in [6.45, 7) is 2.19. The molecule has 3 amide bonds. The lowest BCUT2D eigenvalue weighted by atomic mass is 10.1. The van der Waals surface area contributed by atoms with Crippen molar-refractivity contribution in [3.8, 4) is 11.6 Å². The molecule has 3 aliphatic heterocycles. The second-order valence-electron chi connectivity index (χ2n) is 9.79. The number of rotatable bonds is 5. The highest BCUT2D eigenvalue weighted by atomic mass is 16.5. The molecule has 4 heterocycles. The van der Waals surface area contributed by atoms with Gasteiger partial charge < -0.3 is 29.3 Å². The molecule has 3 aliphatic rings. The molecule has 1 aromatic carbocycles. The maximum absolute atomic E-state index is 14.1. The lowest BCUT2D eigenvalue weighted by molar-refractivity contribution is -0.148. The van der Waals surface area contributed by atoms with E-state index >= 15 is 0 Å². The van der Waals surface area contributed by atoms with E-state index in [0.717, 1.165) is 11.3 Å². The molecule has 2 aromatic rings. The van der Waals surface area contributed by atoms with Crippen LogP contribution >= 0.6 is 0 Å². The Morgan fingerprint density at radius 1 is 1.13 bits per heavy atom. The van der Waals surface area contributed by atoms with Gasteiger partial charge in [0, 0.05) is 57.6 Å². The number of likely N-dealkylation sites (tertiary alicyclic amines) is 1. The number of hydrogen-bond acceptors (Lipinski definition) is 8. The maximum Gasteiger partial charge on any atom is 0.257 e. The van der Waals surface area contributed by atoms with Gasteiger partial charge in [-0.25, -0.2) is 4.98 Å². The fourth-order valence-corrected chi connectivity index (χ4v) is 5.53. The van der Waals surface area contributed by atoms with Gasteiger partial charge in [-0.05, 0) is 24.6 Å². The number of nitrogens with zero attached hydrogens (tertiary/aromatic N) is 4. The van der Waals surface area contributed by atoms with Crippen molar-refractivity contribution in [2.45, 2.75) is 31.1 Å². The molecule has 38 heavy (non-hydrogen) atoms. The summed E-state index contributed by atoms with van der Waals surface area (Å²) in [6, 6.07) is 10.0. The minimum absolute atomic E-state index is 0.0247. The van der Waals surface area contributed by atoms with Gasteiger partial charge >= 0.3 is 0 Å². The van der Waals surface area contributed by atoms with Gasteiger partial charge in [-0.1, -0.05) is 18.2 Å². The Morgan fingerprint density at radius 3 is 2.79 bits per heavy atom. The lowest BCUT2D eigenvalue weighted by Crippen LogP contribution is -2.61. The van der Waals surface area contributed by atoms with Crippen LogP contribution in [0.5, 0.6) is 11.6 Å². The average Bonchev–Trinajstić information content (AvgIpc) is 3.33. The second-order valence-corrected chi connectivity index (χ2v) is 9.79. The number of hydrogen-bond donors (Lipinski definition) is 1. The fraction of sp³-hybridized carbons (Fsp3) is 0.481. The zero-order chi connectivity index (χ0) is 26.6. The van der Waals surface area contributed by atoms with Crippen molar-refractivity contribution in [3.05, 3.63) is 53.7 Å². The van der Waals surface area contributed by atoms with Gasteiger partial charge in [0.25, 0.3) is 5.91 Å². The Bertz CT molecular complexity index is 1190. The zero-order valence-electron chi connectivity index (χ0n) is 21.7. The number of fused-ring (bicyclic) bond motifs is 4. The van der Waals surface area contributed by atoms with E-state index in [1.165, 1.54) is 7.11 Å². The number of amides is 3. The summed E-state index contributed by atoms with van der Waals surface area (Å²) in [7, 11) is 3.11. The molecule has 11 heteroatoms. The van der Waals surface area contributed by atoms with Crippen LogP contribution in [0.3, 0.4) is 0 Å². The highest BCUT2D eigenvalue weighted by Gasteiger charge is 2.43. The first-order chi connectivity index (χ1) is 18.5. The molecule has 2 fully saturated rings. The fourth-order valence-electron chi connectivity index (χ4n) is 5.53. The van der Waals surface area contributed by atoms with Crippen molar-refractivity contribution in [2.75, 3.05) is 53.6 Å². The zero-order valence-corrected chi connectivity index (χ0v) is 21.7. The molecule has 202 valence electrons. The summed E-state index contributed by atoms with van der Waals surface area (Å²) in [6.07, 6.45) is 2.04. The quantitative estimate of drug-likeness (QED) is 0.604. The smallest absolute Gasteiger partial charge is 0.257 e. The van der Waals surface area contributed by atoms with E-state index in [2.05, 4.69) is 15.2 Å². The van der Waals surface area contributed by atoms with Crippen LogP contribution in [0.1, 0.15) is 22.3 Å². The van der Waals surface area contributed by atoms with E-state index in [9.17, 15) is 14.4 Å². The average molecular weight is 524 g/mol. The summed E-state index contributed by atoms with van der Waals surface area (Å²) < 4.78 is 16.6. The summed E-state index contributed by atoms with van der Waals surface area (Å²) in [4.78, 5) is 49.8. The first kappa shape index (κ1) is 25.9. The van der Waals surface area contributed by atoms with Gasteiger partial charge in [0.1, 0.15) is 24.5 Å². The molecule has 2 bridgehead atoms. The summed E-state index contributed by atoms with van der Waals surface area (Å²) in [5.74, 6) is 0.494. The third-order valence-corrected chi connectivity index (χ3v) is 7.40. The first-order valence-corrected chi connectivity index (χ1v) is 12.8. The van der Waals surface area contributed by atoms with Crippen molar-refractivity contribution in [2.24, 2.45) is 0 Å². The molecule has 1 aromatic heterocycles. The van der Waals surface area contributed by atoms with E-state index in [-0.39, 0.29) is 42.9 Å². The number of piperazine rings is 1. The van der Waals surface area contributed by atoms with Gasteiger partial charge in [-0.15, -0.1) is 0 Å². The number of pyridine rings is 1. The summed E-state index contributed by atoms with van der Waals surface area (Å²) >= 11 is 0. The van der Waals surface area contributed by atoms with Crippen LogP contribution in [0.15, 0.2) is 42.6 Å². The molecule has 0 unspecified atom stereocenters. The van der Waals surface area contributed by atoms with Crippen molar-refractivity contribution < 1.29 is 28.6 Å². The molecule has 2 saturated heterocycles. The van der Waals surface area contributed by atoms with Crippen LogP contribution in [0.4, 0.5) is 0 Å². The predicted octanol–water partition coefficient (Wildman–Crippen LogP) is 0.541. The number of nitrogens with one attached hydrogen (secondary N) is 1. The third kappa shape index (κ3) is 5.30. The van der Waals surface area contributed by atoms with Gasteiger partial charge in [-0.2, -0.15) is 0 Å². The molecule has 5 rings (SSSR count). The molecule has 0 aliphatic carbocycles. The number of aromatic nitrogens is 1. The van der Waals surface area contributed by atoms with E-state index in [4.69, 9.17) is 14.2 Å². The van der Waals surface area contributed by atoms with Crippen LogP contribution in [-0.4, -0.2) is 109 Å². The maximum atomic E-state index is 14.1. The minimum Gasteiger partial charge on any atom is -0.496 e. The number of methoxy groups -OCH3 is 2. The van der Waals surface area contributed by atoms with E-state index in [0.29, 0.717) is 44.7 Å². The van der Waals surface area contributed by atoms with E-state index in [1.807, 2.05) is 29.2 Å². The minimum atomic E-state index is -0.443. The number of carbonyl (C=O) groups is 3. The molecule has 0 radical (unpaired) electrons. The standard InChI is InChI=1S/C27H33N5O6/c1-36-17-24(33)30-10-11-32-20(15-30)16-38-26-21(7-5-9-28-26)25(34)29-19-12-22(27(32)35)31(14-19)13-18-6-3-4-8-23(18)37-2/h3-9,19-20,22H,10-17H2,1-2H3,(H,29,34)/t19-,20-,22-/m0/s1. The number of benzene rings is 1. The summed E-state index contributed by atoms with van der Waals surface area (Å²) in [5.41, 5.74) is 1.31. The normalized spacial score (nSPS) is 23.9. The Morgan fingerprint density at radius 2 is 1.97 bits per heavy atom. The lowest BCUT2D eigenvalue weighted by Gasteiger charge is -2.43. The van der Waals surface area contributed by atoms with Gasteiger partial charge in [-0.3, -0.25) is 19.3 Å². The Labute approximate surface area is 221 Å². The molecule has 1 N–H and O–H groups in total. The highest BCUT2D eigenvalue weighted by Crippen LogP contribution is 2.29. The van der Waals surface area contributed by atoms with Crippen LogP contribution in [-0.2, 0) is 20.9 Å². The predicted molar refractivity (Wildman–Crippen MR) is 137 cm³/mol. The summed E-state index contributed by atoms with van der Waals surface area (Å²) in [5, 5.41) is 3.09. The van der Waals surface area contributed by atoms with Crippen molar-refractivity contribution in [3.63, 3.8) is 0 Å². The number of para-hydroxylation sites is 1. The monoisotopic (exact) mass is 523 g/mol. The number of ether oxygens (including phenoxy) is 3. The Kier molecular flexibility index (Phi) is 7.75. The van der Waals surface area contributed by atoms with Crippen LogP contribution in [0.25, 0.3) is 0 Å². The van der Waals surface area contributed by atoms with Gasteiger partial charge in [0.2, 0.25) is 17.7 Å². The SMILES string of the molecule is COCC(=O)N1CCN2C(=O)[C@@H]3C[C@@H](CN3Cc3ccccc3OC)NC(=O)c3cccnc3OC[C@@H]2C1. The van der Waals surface area contributed by atoms with Crippen molar-refractivity contribution in [1.29, 1.82) is 0 Å². The molecule has 0 spiro atoms. The Balaban J connectivity index is 1.47. The van der Waals surface area contributed by atoms with E-state index in [1.54, 1.807) is 30.3 Å². The highest BCUT2D eigenvalue weighted by molar-refractivity contribution is 5.96. The van der Waals surface area contributed by atoms with Crippen LogP contribution < -0.4 is 14.8 Å². The van der Waals surface area contributed by atoms with Crippen LogP contribution in [0.2, 0.25) is 0 Å². The van der Waals surface area contributed by atoms with Crippen molar-refractivity contribution in [1.82, 2.24) is 25.0 Å². The van der Waals surface area contributed by atoms with Crippen molar-refractivity contribution >= 4 is 17.7 Å². The number of carbonyl (C=O) groups excluding carboxylic acids is 3. The van der Waals surface area contributed by atoms with Gasteiger partial charge in [0.05, 0.1) is 19.2 Å². The Hall–Kier alpha value is -3.70. The molecule has 11 nitrogen and oxygen atoms in total. The van der Waals surface area contributed by atoms with Crippen LogP contribution in [0, 0.1) is 0 Å². The largest absolute Gasteiger partial charge is 0.496 e. The molecule has 3 atom stereocenters. The molecule has 0 saturated carbocycles. The van der Waals surface area contributed by atoms with E-state index < -0.39 is 12.1 Å². The van der Waals surface area contributed by atoms with Gasteiger partial charge in [0.15, 0.2) is 0 Å². The topological polar surface area (TPSA) is 114 Å².